The zero-order valence-electron chi connectivity index (χ0n) is 10.9. The van der Waals surface area contributed by atoms with Crippen molar-refractivity contribution in [2.45, 2.75) is 11.3 Å². The molecule has 2 N–H and O–H groups in total. The molecule has 8 heteroatoms. The lowest BCUT2D eigenvalue weighted by molar-refractivity contribution is -0.384. The summed E-state index contributed by atoms with van der Waals surface area (Å²) in [6.45, 7) is 0.635. The number of nitrogen functional groups attached to an aromatic ring is 1. The van der Waals surface area contributed by atoms with Crippen molar-refractivity contribution in [3.05, 3.63) is 28.3 Å². The van der Waals surface area contributed by atoms with Crippen LogP contribution in [-0.2, 0) is 9.84 Å². The molecule has 0 saturated carbocycles. The fraction of sp³-hybridized carbons (Fsp3) is 0.455. The van der Waals surface area contributed by atoms with E-state index in [-0.39, 0.29) is 22.0 Å². The Morgan fingerprint density at radius 1 is 1.37 bits per heavy atom. The van der Waals surface area contributed by atoms with Gasteiger partial charge in [-0.3, -0.25) is 10.1 Å². The Morgan fingerprint density at radius 2 is 2.00 bits per heavy atom. The summed E-state index contributed by atoms with van der Waals surface area (Å²) < 4.78 is 24.0. The molecule has 7 nitrogen and oxygen atoms in total. The number of hydrogen-bond donors (Lipinski definition) is 1. The summed E-state index contributed by atoms with van der Waals surface area (Å²) in [6, 6.07) is 3.56. The largest absolute Gasteiger partial charge is 0.393 e. The van der Waals surface area contributed by atoms with E-state index < -0.39 is 14.8 Å². The smallest absolute Gasteiger partial charge is 0.293 e. The topological polar surface area (TPSA) is 107 Å². The van der Waals surface area contributed by atoms with Crippen molar-refractivity contribution < 1.29 is 13.3 Å². The molecule has 1 aromatic carbocycles. The van der Waals surface area contributed by atoms with Crippen molar-refractivity contribution in [1.29, 1.82) is 0 Å². The van der Waals surface area contributed by atoms with Crippen LogP contribution in [0.25, 0.3) is 0 Å². The van der Waals surface area contributed by atoms with Crippen LogP contribution in [-0.4, -0.2) is 44.6 Å². The molecule has 0 aromatic heterocycles. The molecule has 0 spiro atoms. The van der Waals surface area contributed by atoms with Crippen LogP contribution in [0.15, 0.2) is 23.1 Å². The first-order valence-electron chi connectivity index (χ1n) is 5.65. The highest BCUT2D eigenvalue weighted by molar-refractivity contribution is 7.91. The van der Waals surface area contributed by atoms with Crippen molar-refractivity contribution in [3.63, 3.8) is 0 Å². The number of rotatable bonds is 6. The number of benzene rings is 1. The van der Waals surface area contributed by atoms with Crippen LogP contribution in [0.2, 0.25) is 0 Å². The van der Waals surface area contributed by atoms with Gasteiger partial charge in [-0.25, -0.2) is 8.42 Å². The van der Waals surface area contributed by atoms with Gasteiger partial charge in [-0.15, -0.1) is 0 Å². The molecule has 1 aromatic rings. The second-order valence-electron chi connectivity index (χ2n) is 4.45. The van der Waals surface area contributed by atoms with Crippen molar-refractivity contribution >= 4 is 21.2 Å². The van der Waals surface area contributed by atoms with E-state index in [0.717, 1.165) is 6.07 Å². The summed E-state index contributed by atoms with van der Waals surface area (Å²) >= 11 is 0. The molecular weight excluding hydrogens is 270 g/mol. The van der Waals surface area contributed by atoms with Crippen LogP contribution in [0.4, 0.5) is 11.4 Å². The second-order valence-corrected chi connectivity index (χ2v) is 6.56. The summed E-state index contributed by atoms with van der Waals surface area (Å²) in [5.74, 6) is -0.0494. The van der Waals surface area contributed by atoms with E-state index >= 15 is 0 Å². The Hall–Kier alpha value is -1.67. The van der Waals surface area contributed by atoms with E-state index in [2.05, 4.69) is 0 Å². The van der Waals surface area contributed by atoms with Gasteiger partial charge in [0.25, 0.3) is 5.69 Å². The van der Waals surface area contributed by atoms with Gasteiger partial charge in [0.1, 0.15) is 5.69 Å². The molecule has 0 aliphatic heterocycles. The SMILES string of the molecule is CN(C)CCCS(=O)(=O)c1ccc(N)c([N+](=O)[O-])c1. The highest BCUT2D eigenvalue weighted by Gasteiger charge is 2.20. The number of nitro benzene ring substituents is 1. The fourth-order valence-electron chi connectivity index (χ4n) is 1.56. The van der Waals surface area contributed by atoms with E-state index in [1.165, 1.54) is 12.1 Å². The van der Waals surface area contributed by atoms with Crippen LogP contribution >= 0.6 is 0 Å². The number of sulfone groups is 1. The van der Waals surface area contributed by atoms with E-state index in [0.29, 0.717) is 13.0 Å². The maximum absolute atomic E-state index is 12.0. The average molecular weight is 287 g/mol. The molecule has 0 aliphatic rings. The fourth-order valence-corrected chi connectivity index (χ4v) is 2.88. The highest BCUT2D eigenvalue weighted by atomic mass is 32.2. The number of anilines is 1. The third kappa shape index (κ3) is 4.18. The third-order valence-electron chi connectivity index (χ3n) is 2.58. The van der Waals surface area contributed by atoms with Crippen LogP contribution in [0, 0.1) is 10.1 Å². The maximum atomic E-state index is 12.0. The predicted octanol–water partition coefficient (Wildman–Crippen LogP) is 0.902. The van der Waals surface area contributed by atoms with E-state index in [1.54, 1.807) is 0 Å². The van der Waals surface area contributed by atoms with Crippen LogP contribution in [0.5, 0.6) is 0 Å². The lowest BCUT2D eigenvalue weighted by atomic mass is 10.3. The van der Waals surface area contributed by atoms with E-state index in [4.69, 9.17) is 5.73 Å². The lowest BCUT2D eigenvalue weighted by Crippen LogP contribution is -2.17. The van der Waals surface area contributed by atoms with Crippen molar-refractivity contribution in [1.82, 2.24) is 4.90 Å². The zero-order chi connectivity index (χ0) is 14.6. The zero-order valence-corrected chi connectivity index (χ0v) is 11.7. The van der Waals surface area contributed by atoms with Crippen molar-refractivity contribution in [2.75, 3.05) is 32.1 Å². The standard InChI is InChI=1S/C11H17N3O4S/c1-13(2)6-3-7-19(17,18)9-4-5-10(12)11(8-9)14(15)16/h4-5,8H,3,6-7,12H2,1-2H3. The van der Waals surface area contributed by atoms with Crippen molar-refractivity contribution in [3.8, 4) is 0 Å². The summed E-state index contributed by atoms with van der Waals surface area (Å²) in [5.41, 5.74) is 5.01. The van der Waals surface area contributed by atoms with Crippen molar-refractivity contribution in [2.24, 2.45) is 0 Å². The first-order valence-corrected chi connectivity index (χ1v) is 7.30. The maximum Gasteiger partial charge on any atom is 0.293 e. The minimum atomic E-state index is -3.52. The molecule has 0 saturated heterocycles. The molecule has 0 radical (unpaired) electrons. The van der Waals surface area contributed by atoms with Gasteiger partial charge >= 0.3 is 0 Å². The molecule has 0 amide bonds. The Bertz CT molecular complexity index is 569. The third-order valence-corrected chi connectivity index (χ3v) is 4.37. The van der Waals surface area contributed by atoms with Gasteiger partial charge in [0.05, 0.1) is 15.6 Å². The number of hydrogen-bond acceptors (Lipinski definition) is 6. The quantitative estimate of drug-likeness (QED) is 0.473. The Kier molecular flexibility index (Phi) is 4.84. The summed E-state index contributed by atoms with van der Waals surface area (Å²) in [6.07, 6.45) is 0.466. The molecular formula is C11H17N3O4S. The lowest BCUT2D eigenvalue weighted by Gasteiger charge is -2.09. The van der Waals surface area contributed by atoms with Crippen LogP contribution < -0.4 is 5.73 Å². The summed E-state index contributed by atoms with van der Waals surface area (Å²) in [5, 5.41) is 10.7. The van der Waals surface area contributed by atoms with Gasteiger partial charge in [0, 0.05) is 6.07 Å². The number of nitrogens with two attached hydrogens (primary N) is 1. The Labute approximate surface area is 112 Å². The molecule has 0 heterocycles. The number of nitrogens with zero attached hydrogens (tertiary/aromatic N) is 2. The Balaban J connectivity index is 2.96. The number of nitro groups is 1. The highest BCUT2D eigenvalue weighted by Crippen LogP contribution is 2.25. The molecule has 0 atom stereocenters. The van der Waals surface area contributed by atoms with Crippen LogP contribution in [0.1, 0.15) is 6.42 Å². The minimum absolute atomic E-state index is 0.0442. The molecule has 0 fully saturated rings. The molecule has 1 rings (SSSR count). The van der Waals surface area contributed by atoms with E-state index in [9.17, 15) is 18.5 Å². The predicted molar refractivity (Wildman–Crippen MR) is 72.7 cm³/mol. The van der Waals surface area contributed by atoms with Gasteiger partial charge in [-0.2, -0.15) is 0 Å². The van der Waals surface area contributed by atoms with Gasteiger partial charge in [-0.1, -0.05) is 0 Å². The second kappa shape index (κ2) is 5.98. The van der Waals surface area contributed by atoms with Gasteiger partial charge in [0.15, 0.2) is 9.84 Å². The monoisotopic (exact) mass is 287 g/mol. The van der Waals surface area contributed by atoms with E-state index in [1.807, 2.05) is 19.0 Å². The van der Waals surface area contributed by atoms with Gasteiger partial charge in [0.2, 0.25) is 0 Å². The normalized spacial score (nSPS) is 11.7. The molecule has 106 valence electrons. The Morgan fingerprint density at radius 3 is 2.53 bits per heavy atom. The molecule has 0 unspecified atom stereocenters. The average Bonchev–Trinajstić information content (AvgIpc) is 2.27. The molecule has 19 heavy (non-hydrogen) atoms. The first-order chi connectivity index (χ1) is 8.74. The summed E-state index contributed by atoms with van der Waals surface area (Å²) in [4.78, 5) is 11.9. The van der Waals surface area contributed by atoms with Gasteiger partial charge in [-0.05, 0) is 39.2 Å². The van der Waals surface area contributed by atoms with Crippen LogP contribution in [0.3, 0.4) is 0 Å². The first kappa shape index (κ1) is 15.4. The van der Waals surface area contributed by atoms with Gasteiger partial charge < -0.3 is 10.6 Å². The molecule has 0 aliphatic carbocycles. The minimum Gasteiger partial charge on any atom is -0.393 e. The molecule has 0 bridgehead atoms. The summed E-state index contributed by atoms with van der Waals surface area (Å²) in [7, 11) is 0.180.